The highest BCUT2D eigenvalue weighted by Crippen LogP contribution is 2.37. The number of carbonyl (C=O) groups is 1. The normalized spacial score (nSPS) is 20.7. The third-order valence-corrected chi connectivity index (χ3v) is 6.83. The van der Waals surface area contributed by atoms with Crippen molar-refractivity contribution in [1.82, 2.24) is 9.88 Å². The van der Waals surface area contributed by atoms with Crippen LogP contribution in [-0.4, -0.2) is 42.0 Å². The summed E-state index contributed by atoms with van der Waals surface area (Å²) in [5, 5.41) is 0.140. The van der Waals surface area contributed by atoms with Gasteiger partial charge in [-0.05, 0) is 50.2 Å². The van der Waals surface area contributed by atoms with Crippen molar-refractivity contribution >= 4 is 23.1 Å². The van der Waals surface area contributed by atoms with Crippen LogP contribution < -0.4 is 4.90 Å². The number of pyridine rings is 1. The zero-order valence-electron chi connectivity index (χ0n) is 17.8. The predicted molar refractivity (Wildman–Crippen MR) is 116 cm³/mol. The molecule has 1 saturated heterocycles. The Morgan fingerprint density at radius 2 is 1.87 bits per heavy atom. The van der Waals surface area contributed by atoms with Crippen LogP contribution in [-0.2, 0) is 11.0 Å². The van der Waals surface area contributed by atoms with Gasteiger partial charge in [0.05, 0.1) is 11.1 Å². The van der Waals surface area contributed by atoms with Crippen molar-refractivity contribution in [3.8, 4) is 0 Å². The first-order valence-electron chi connectivity index (χ1n) is 11.4. The van der Waals surface area contributed by atoms with Crippen LogP contribution in [0.15, 0.2) is 30.3 Å². The highest BCUT2D eigenvalue weighted by molar-refractivity contribution is 5.84. The average Bonchev–Trinajstić information content (AvgIpc) is 2.79. The summed E-state index contributed by atoms with van der Waals surface area (Å²) in [6.45, 7) is 2.12. The standard InChI is InChI=1S/C24H30F3N3O/c25-24(26,27)21-15-23(28-22-11-5-4-10-20(21)22)29-13-6-7-18(16-29)12-14-30(17-31)19-8-2-1-3-9-19/h4-5,10-11,15,17-19H,1-3,6-9,12-14,16H2. The summed E-state index contributed by atoms with van der Waals surface area (Å²) in [4.78, 5) is 20.1. The van der Waals surface area contributed by atoms with Gasteiger partial charge in [-0.25, -0.2) is 4.98 Å². The molecule has 2 aromatic rings. The van der Waals surface area contributed by atoms with Crippen molar-refractivity contribution in [3.05, 3.63) is 35.9 Å². The smallest absolute Gasteiger partial charge is 0.356 e. The molecule has 1 unspecified atom stereocenters. The van der Waals surface area contributed by atoms with Crippen molar-refractivity contribution in [3.63, 3.8) is 0 Å². The molecule has 1 atom stereocenters. The van der Waals surface area contributed by atoms with E-state index in [1.54, 1.807) is 18.2 Å². The number of rotatable bonds is 6. The molecule has 0 bridgehead atoms. The van der Waals surface area contributed by atoms with E-state index in [0.29, 0.717) is 36.4 Å². The van der Waals surface area contributed by atoms with E-state index < -0.39 is 11.7 Å². The zero-order chi connectivity index (χ0) is 21.8. The van der Waals surface area contributed by atoms with E-state index in [-0.39, 0.29) is 5.39 Å². The molecule has 2 heterocycles. The number of benzene rings is 1. The predicted octanol–water partition coefficient (Wildman–Crippen LogP) is 5.65. The van der Waals surface area contributed by atoms with E-state index in [0.717, 1.165) is 45.1 Å². The molecule has 2 fully saturated rings. The van der Waals surface area contributed by atoms with Crippen LogP contribution in [0.25, 0.3) is 10.9 Å². The molecule has 0 spiro atoms. The van der Waals surface area contributed by atoms with Gasteiger partial charge in [-0.2, -0.15) is 13.2 Å². The molecule has 7 heteroatoms. The lowest BCUT2D eigenvalue weighted by atomic mass is 9.92. The molecule has 1 amide bonds. The van der Waals surface area contributed by atoms with Gasteiger partial charge in [0.15, 0.2) is 0 Å². The first-order chi connectivity index (χ1) is 15.0. The van der Waals surface area contributed by atoms with Gasteiger partial charge in [0, 0.05) is 31.1 Å². The Morgan fingerprint density at radius 1 is 1.10 bits per heavy atom. The molecule has 1 aromatic heterocycles. The molecule has 0 N–H and O–H groups in total. The molecule has 168 valence electrons. The van der Waals surface area contributed by atoms with E-state index in [4.69, 9.17) is 0 Å². The van der Waals surface area contributed by atoms with Crippen molar-refractivity contribution in [2.45, 2.75) is 63.6 Å². The van der Waals surface area contributed by atoms with Gasteiger partial charge < -0.3 is 9.80 Å². The largest absolute Gasteiger partial charge is 0.417 e. The monoisotopic (exact) mass is 433 g/mol. The summed E-state index contributed by atoms with van der Waals surface area (Å²) >= 11 is 0. The number of halogens is 3. The minimum absolute atomic E-state index is 0.140. The molecule has 4 nitrogen and oxygen atoms in total. The number of fused-ring (bicyclic) bond motifs is 1. The first kappa shape index (κ1) is 21.9. The highest BCUT2D eigenvalue weighted by Gasteiger charge is 2.34. The summed E-state index contributed by atoms with van der Waals surface area (Å²) < 4.78 is 41.0. The fourth-order valence-electron chi connectivity index (χ4n) is 5.13. The molecule has 1 saturated carbocycles. The molecule has 1 aromatic carbocycles. The Hall–Kier alpha value is -2.31. The minimum atomic E-state index is -4.42. The van der Waals surface area contributed by atoms with Gasteiger partial charge in [-0.15, -0.1) is 0 Å². The van der Waals surface area contributed by atoms with E-state index >= 15 is 0 Å². The van der Waals surface area contributed by atoms with Crippen LogP contribution in [0.4, 0.5) is 19.0 Å². The quantitative estimate of drug-likeness (QED) is 0.552. The average molecular weight is 434 g/mol. The number of amides is 1. The lowest BCUT2D eigenvalue weighted by molar-refractivity contribution is -0.136. The Kier molecular flexibility index (Phi) is 6.68. The van der Waals surface area contributed by atoms with Gasteiger partial charge in [0.1, 0.15) is 5.82 Å². The van der Waals surface area contributed by atoms with Gasteiger partial charge in [-0.1, -0.05) is 37.5 Å². The third-order valence-electron chi connectivity index (χ3n) is 6.83. The fraction of sp³-hybridized carbons (Fsp3) is 0.583. The number of hydrogen-bond acceptors (Lipinski definition) is 3. The summed E-state index contributed by atoms with van der Waals surface area (Å²) in [5.74, 6) is 0.748. The maximum Gasteiger partial charge on any atom is 0.417 e. The number of anilines is 1. The van der Waals surface area contributed by atoms with Crippen molar-refractivity contribution < 1.29 is 18.0 Å². The third kappa shape index (κ3) is 5.13. The van der Waals surface area contributed by atoms with Crippen molar-refractivity contribution in [2.75, 3.05) is 24.5 Å². The van der Waals surface area contributed by atoms with E-state index in [1.165, 1.54) is 31.4 Å². The summed E-state index contributed by atoms with van der Waals surface area (Å²) in [7, 11) is 0. The maximum absolute atomic E-state index is 13.7. The molecule has 2 aliphatic rings. The molecule has 1 aliphatic carbocycles. The number of piperidine rings is 1. The fourth-order valence-corrected chi connectivity index (χ4v) is 5.13. The summed E-state index contributed by atoms with van der Waals surface area (Å²) in [5.41, 5.74) is -0.251. The van der Waals surface area contributed by atoms with E-state index in [9.17, 15) is 18.0 Å². The second-order valence-corrected chi connectivity index (χ2v) is 8.92. The Bertz CT molecular complexity index is 895. The first-order valence-corrected chi connectivity index (χ1v) is 11.4. The lowest BCUT2D eigenvalue weighted by Crippen LogP contribution is -2.40. The highest BCUT2D eigenvalue weighted by atomic mass is 19.4. The Balaban J connectivity index is 1.47. The molecule has 4 rings (SSSR count). The Labute approximate surface area is 181 Å². The van der Waals surface area contributed by atoms with Gasteiger partial charge in [0.2, 0.25) is 6.41 Å². The van der Waals surface area contributed by atoms with Gasteiger partial charge >= 0.3 is 6.18 Å². The number of nitrogens with zero attached hydrogens (tertiary/aromatic N) is 3. The molecule has 0 radical (unpaired) electrons. The second kappa shape index (κ2) is 9.45. The van der Waals surface area contributed by atoms with E-state index in [2.05, 4.69) is 4.98 Å². The molecule has 1 aliphatic heterocycles. The SMILES string of the molecule is O=CN(CCC1CCCN(c2cc(C(F)(F)F)c3ccccc3n2)C1)C1CCCCC1. The number of para-hydroxylation sites is 1. The molecule has 31 heavy (non-hydrogen) atoms. The van der Waals surface area contributed by atoms with Crippen molar-refractivity contribution in [2.24, 2.45) is 5.92 Å². The van der Waals surface area contributed by atoms with Gasteiger partial charge in [-0.3, -0.25) is 4.79 Å². The van der Waals surface area contributed by atoms with Gasteiger partial charge in [0.25, 0.3) is 0 Å². The van der Waals surface area contributed by atoms with Crippen LogP contribution in [0, 0.1) is 5.92 Å². The van der Waals surface area contributed by atoms with Crippen LogP contribution in [0.5, 0.6) is 0 Å². The van der Waals surface area contributed by atoms with E-state index in [1.807, 2.05) is 9.80 Å². The summed E-state index contributed by atoms with van der Waals surface area (Å²) in [6, 6.07) is 8.00. The number of hydrogen-bond donors (Lipinski definition) is 0. The second-order valence-electron chi connectivity index (χ2n) is 8.92. The lowest BCUT2D eigenvalue weighted by Gasteiger charge is -2.36. The number of alkyl halides is 3. The van der Waals surface area contributed by atoms with Crippen LogP contribution in [0.1, 0.15) is 56.9 Å². The molecular formula is C24H30F3N3O. The van der Waals surface area contributed by atoms with Crippen molar-refractivity contribution in [1.29, 1.82) is 0 Å². The zero-order valence-corrected chi connectivity index (χ0v) is 17.8. The van der Waals surface area contributed by atoms with Crippen LogP contribution >= 0.6 is 0 Å². The topological polar surface area (TPSA) is 36.4 Å². The minimum Gasteiger partial charge on any atom is -0.356 e. The summed E-state index contributed by atoms with van der Waals surface area (Å²) in [6.07, 6.45) is 5.17. The molecular weight excluding hydrogens is 403 g/mol. The number of aromatic nitrogens is 1. The van der Waals surface area contributed by atoms with Crippen LogP contribution in [0.2, 0.25) is 0 Å². The Morgan fingerprint density at radius 3 is 2.61 bits per heavy atom. The van der Waals surface area contributed by atoms with Crippen LogP contribution in [0.3, 0.4) is 0 Å². The number of carbonyl (C=O) groups excluding carboxylic acids is 1. The maximum atomic E-state index is 13.7.